The Morgan fingerprint density at radius 3 is 2.67 bits per heavy atom. The molecule has 1 amide bonds. The number of aromatic nitrogens is 3. The lowest BCUT2D eigenvalue weighted by Gasteiger charge is -2.39. The van der Waals surface area contributed by atoms with Crippen molar-refractivity contribution in [3.63, 3.8) is 0 Å². The van der Waals surface area contributed by atoms with Crippen LogP contribution in [0.5, 0.6) is 0 Å². The molecule has 0 spiro atoms. The highest BCUT2D eigenvalue weighted by Crippen LogP contribution is 2.31. The number of nitrogens with one attached hydrogen (secondary N) is 1. The van der Waals surface area contributed by atoms with E-state index in [2.05, 4.69) is 20.3 Å². The molecule has 3 heterocycles. The van der Waals surface area contributed by atoms with Crippen LogP contribution in [0.2, 0.25) is 0 Å². The number of hydrogen-bond acceptors (Lipinski definition) is 6. The van der Waals surface area contributed by atoms with Gasteiger partial charge in [-0.05, 0) is 19.9 Å². The van der Waals surface area contributed by atoms with E-state index in [1.54, 1.807) is 19.2 Å². The molecule has 1 aromatic carbocycles. The zero-order valence-electron chi connectivity index (χ0n) is 18.0. The lowest BCUT2D eigenvalue weighted by molar-refractivity contribution is 0.136. The second-order valence-corrected chi connectivity index (χ2v) is 7.97. The summed E-state index contributed by atoms with van der Waals surface area (Å²) in [6, 6.07) is 4.99. The zero-order valence-corrected chi connectivity index (χ0v) is 18.0. The lowest BCUT2D eigenvalue weighted by atomic mass is 10.0. The number of pyridine rings is 1. The summed E-state index contributed by atoms with van der Waals surface area (Å²) in [5.41, 5.74) is 0.0176. The van der Waals surface area contributed by atoms with E-state index in [0.29, 0.717) is 42.2 Å². The first-order valence-corrected chi connectivity index (χ1v) is 10.4. The maximum absolute atomic E-state index is 14.6. The molecule has 33 heavy (non-hydrogen) atoms. The van der Waals surface area contributed by atoms with E-state index in [1.807, 2.05) is 11.8 Å². The lowest BCUT2D eigenvalue weighted by Crippen LogP contribution is -2.53. The minimum atomic E-state index is -2.91. The SMILES string of the molecule is C[C@@H](Nc1ncnc2cnc(N3CCN(C(=O)O)C[C@@H]3C)cc12)c1cccc(C(F)F)c1F. The summed E-state index contributed by atoms with van der Waals surface area (Å²) in [6.45, 7) is 4.76. The number of carbonyl (C=O) groups is 1. The van der Waals surface area contributed by atoms with Crippen LogP contribution in [0.1, 0.15) is 37.4 Å². The fourth-order valence-electron chi connectivity index (χ4n) is 4.05. The predicted molar refractivity (Wildman–Crippen MR) is 117 cm³/mol. The normalized spacial score (nSPS) is 17.5. The molecule has 1 aliphatic heterocycles. The molecular formula is C22H23F3N6O2. The van der Waals surface area contributed by atoms with Crippen molar-refractivity contribution in [3.8, 4) is 0 Å². The van der Waals surface area contributed by atoms with Gasteiger partial charge in [-0.1, -0.05) is 18.2 Å². The monoisotopic (exact) mass is 460 g/mol. The first-order valence-electron chi connectivity index (χ1n) is 10.4. The molecule has 1 saturated heterocycles. The Morgan fingerprint density at radius 1 is 1.21 bits per heavy atom. The van der Waals surface area contributed by atoms with E-state index in [9.17, 15) is 23.1 Å². The Morgan fingerprint density at radius 2 is 1.97 bits per heavy atom. The summed E-state index contributed by atoms with van der Waals surface area (Å²) in [6.07, 6.45) is -0.922. The molecular weight excluding hydrogens is 437 g/mol. The van der Waals surface area contributed by atoms with Gasteiger partial charge in [0.1, 0.15) is 23.8 Å². The van der Waals surface area contributed by atoms with Crippen molar-refractivity contribution in [2.75, 3.05) is 29.9 Å². The molecule has 8 nitrogen and oxygen atoms in total. The average molecular weight is 460 g/mol. The Balaban J connectivity index is 1.63. The quantitative estimate of drug-likeness (QED) is 0.580. The summed E-state index contributed by atoms with van der Waals surface area (Å²) in [4.78, 5) is 27.6. The van der Waals surface area contributed by atoms with Crippen LogP contribution in [-0.4, -0.2) is 56.7 Å². The standard InChI is InChI=1S/C22H23F3N6O2/c1-12-10-30(22(32)33)6-7-31(12)18-8-16-17(9-26-18)27-11-28-21(16)29-13(2)14-4-3-5-15(19(14)23)20(24)25/h3-5,8-9,11-13,20H,6-7,10H2,1-2H3,(H,32,33)(H,27,28,29)/t12-,13+/m0/s1. The van der Waals surface area contributed by atoms with Crippen LogP contribution in [0.4, 0.5) is 29.6 Å². The largest absolute Gasteiger partial charge is 0.465 e. The van der Waals surface area contributed by atoms with Gasteiger partial charge in [0.25, 0.3) is 6.43 Å². The molecule has 2 atom stereocenters. The number of hydrogen-bond donors (Lipinski definition) is 2. The average Bonchev–Trinajstić information content (AvgIpc) is 2.78. The van der Waals surface area contributed by atoms with Gasteiger partial charge >= 0.3 is 6.09 Å². The second-order valence-electron chi connectivity index (χ2n) is 7.97. The molecule has 4 rings (SSSR count). The van der Waals surface area contributed by atoms with Crippen LogP contribution < -0.4 is 10.2 Å². The van der Waals surface area contributed by atoms with Crippen LogP contribution in [0.15, 0.2) is 36.8 Å². The Kier molecular flexibility index (Phi) is 6.21. The minimum Gasteiger partial charge on any atom is -0.465 e. The molecule has 11 heteroatoms. The summed E-state index contributed by atoms with van der Waals surface area (Å²) in [7, 11) is 0. The number of fused-ring (bicyclic) bond motifs is 1. The molecule has 0 radical (unpaired) electrons. The van der Waals surface area contributed by atoms with E-state index in [1.165, 1.54) is 23.4 Å². The number of amides is 1. The third-order valence-electron chi connectivity index (χ3n) is 5.81. The van der Waals surface area contributed by atoms with Gasteiger partial charge in [0, 0.05) is 36.6 Å². The van der Waals surface area contributed by atoms with Crippen molar-refractivity contribution in [3.05, 3.63) is 53.7 Å². The van der Waals surface area contributed by atoms with Gasteiger partial charge in [-0.3, -0.25) is 0 Å². The Hall–Kier alpha value is -3.63. The van der Waals surface area contributed by atoms with Gasteiger partial charge in [-0.15, -0.1) is 0 Å². The summed E-state index contributed by atoms with van der Waals surface area (Å²) < 4.78 is 40.8. The van der Waals surface area contributed by atoms with Crippen LogP contribution in [0.3, 0.4) is 0 Å². The van der Waals surface area contributed by atoms with Crippen molar-refractivity contribution in [1.29, 1.82) is 0 Å². The van der Waals surface area contributed by atoms with E-state index >= 15 is 0 Å². The topological polar surface area (TPSA) is 94.5 Å². The Bertz CT molecular complexity index is 1180. The molecule has 0 bridgehead atoms. The molecule has 0 unspecified atom stereocenters. The molecule has 1 fully saturated rings. The third kappa shape index (κ3) is 4.48. The van der Waals surface area contributed by atoms with Crippen LogP contribution >= 0.6 is 0 Å². The van der Waals surface area contributed by atoms with Gasteiger partial charge in [0.05, 0.1) is 23.3 Å². The minimum absolute atomic E-state index is 0.0917. The fourth-order valence-corrected chi connectivity index (χ4v) is 4.05. The first-order chi connectivity index (χ1) is 15.8. The highest BCUT2D eigenvalue weighted by molar-refractivity contribution is 5.90. The fraction of sp³-hybridized carbons (Fsp3) is 0.364. The van der Waals surface area contributed by atoms with Crippen LogP contribution in [0.25, 0.3) is 10.9 Å². The molecule has 3 aromatic rings. The smallest absolute Gasteiger partial charge is 0.407 e. The van der Waals surface area contributed by atoms with E-state index < -0.39 is 29.9 Å². The number of rotatable bonds is 5. The molecule has 174 valence electrons. The van der Waals surface area contributed by atoms with E-state index in [4.69, 9.17) is 0 Å². The van der Waals surface area contributed by atoms with Crippen molar-refractivity contribution < 1.29 is 23.1 Å². The van der Waals surface area contributed by atoms with Crippen molar-refractivity contribution in [1.82, 2.24) is 19.9 Å². The third-order valence-corrected chi connectivity index (χ3v) is 5.81. The molecule has 2 aromatic heterocycles. The van der Waals surface area contributed by atoms with E-state index in [-0.39, 0.29) is 11.6 Å². The predicted octanol–water partition coefficient (Wildman–Crippen LogP) is 4.46. The molecule has 1 aliphatic rings. The van der Waals surface area contributed by atoms with Crippen molar-refractivity contribution in [2.45, 2.75) is 32.4 Å². The summed E-state index contributed by atoms with van der Waals surface area (Å²) in [5.74, 6) is 0.101. The Labute approximate surface area is 188 Å². The maximum Gasteiger partial charge on any atom is 0.407 e. The van der Waals surface area contributed by atoms with Crippen molar-refractivity contribution in [2.24, 2.45) is 0 Å². The van der Waals surface area contributed by atoms with Gasteiger partial charge < -0.3 is 20.2 Å². The number of benzene rings is 1. The maximum atomic E-state index is 14.6. The van der Waals surface area contributed by atoms with Crippen LogP contribution in [-0.2, 0) is 0 Å². The number of nitrogens with zero attached hydrogens (tertiary/aromatic N) is 5. The van der Waals surface area contributed by atoms with Gasteiger partial charge in [0.15, 0.2) is 0 Å². The zero-order chi connectivity index (χ0) is 23.7. The number of halogens is 3. The number of carboxylic acid groups (broad SMARTS) is 1. The van der Waals surface area contributed by atoms with Gasteiger partial charge in [0.2, 0.25) is 0 Å². The van der Waals surface area contributed by atoms with Crippen LogP contribution in [0, 0.1) is 5.82 Å². The van der Waals surface area contributed by atoms with Gasteiger partial charge in [-0.2, -0.15) is 0 Å². The second kappa shape index (κ2) is 9.08. The first kappa shape index (κ1) is 22.6. The molecule has 0 saturated carbocycles. The number of piperazine rings is 1. The van der Waals surface area contributed by atoms with E-state index in [0.717, 1.165) is 6.07 Å². The highest BCUT2D eigenvalue weighted by Gasteiger charge is 2.28. The number of alkyl halides is 2. The highest BCUT2D eigenvalue weighted by atomic mass is 19.3. The molecule has 0 aliphatic carbocycles. The van der Waals surface area contributed by atoms with Crippen molar-refractivity contribution >= 4 is 28.6 Å². The molecule has 2 N–H and O–H groups in total. The number of anilines is 2. The van der Waals surface area contributed by atoms with Gasteiger partial charge in [-0.25, -0.2) is 32.9 Å². The summed E-state index contributed by atoms with van der Waals surface area (Å²) >= 11 is 0. The summed E-state index contributed by atoms with van der Waals surface area (Å²) in [5, 5.41) is 13.0.